The second kappa shape index (κ2) is 7.00. The number of aryl methyl sites for hydroxylation is 1. The van der Waals surface area contributed by atoms with Gasteiger partial charge in [0.05, 0.1) is 27.5 Å². The van der Waals surface area contributed by atoms with Gasteiger partial charge in [0.2, 0.25) is 10.0 Å². The summed E-state index contributed by atoms with van der Waals surface area (Å²) in [5, 5.41) is 6.17. The predicted molar refractivity (Wildman–Crippen MR) is 110 cm³/mol. The van der Waals surface area contributed by atoms with Crippen molar-refractivity contribution in [1.82, 2.24) is 9.88 Å². The quantitative estimate of drug-likeness (QED) is 0.753. The van der Waals surface area contributed by atoms with E-state index in [2.05, 4.69) is 4.98 Å². The van der Waals surface area contributed by atoms with E-state index < -0.39 is 10.0 Å². The first-order valence-electron chi connectivity index (χ1n) is 9.53. The number of carbonyl (C=O) groups excluding carboxylic acids is 2. The van der Waals surface area contributed by atoms with Crippen molar-refractivity contribution in [2.24, 2.45) is 11.1 Å². The molecule has 1 aromatic heterocycles. The van der Waals surface area contributed by atoms with E-state index in [1.165, 1.54) is 24.3 Å². The molecule has 4 rings (SSSR count). The Morgan fingerprint density at radius 3 is 2.66 bits per heavy atom. The molecular weight excluding hydrogens is 410 g/mol. The summed E-state index contributed by atoms with van der Waals surface area (Å²) in [7, 11) is -4.09. The number of hydrogen-bond donors (Lipinski definition) is 1. The lowest BCUT2D eigenvalue weighted by Crippen LogP contribution is -2.35. The van der Waals surface area contributed by atoms with Gasteiger partial charge < -0.3 is 4.90 Å². The molecule has 2 aliphatic rings. The van der Waals surface area contributed by atoms with Crippen LogP contribution in [-0.2, 0) is 27.8 Å². The highest BCUT2D eigenvalue weighted by molar-refractivity contribution is 7.89. The average molecular weight is 434 g/mol. The fourth-order valence-electron chi connectivity index (χ4n) is 3.97. The normalized spacial score (nSPS) is 17.5. The summed E-state index contributed by atoms with van der Waals surface area (Å²) < 4.78 is 24.7. The third-order valence-electron chi connectivity index (χ3n) is 5.60. The van der Waals surface area contributed by atoms with Gasteiger partial charge in [0.25, 0.3) is 5.91 Å². The Morgan fingerprint density at radius 2 is 2.07 bits per heavy atom. The highest BCUT2D eigenvalue weighted by atomic mass is 32.2. The summed E-state index contributed by atoms with van der Waals surface area (Å²) in [6, 6.07) is 3.40. The number of ketones is 1. The molecule has 1 aliphatic heterocycles. The number of hydrogen-bond acceptors (Lipinski definition) is 6. The number of amides is 1. The molecule has 7 nitrogen and oxygen atoms in total. The van der Waals surface area contributed by atoms with E-state index in [4.69, 9.17) is 5.14 Å². The summed E-state index contributed by atoms with van der Waals surface area (Å²) in [5.74, 6) is 0.219. The van der Waals surface area contributed by atoms with Gasteiger partial charge >= 0.3 is 0 Å². The molecule has 0 saturated heterocycles. The molecule has 1 amide bonds. The van der Waals surface area contributed by atoms with Crippen molar-refractivity contribution in [2.75, 3.05) is 0 Å². The Bertz CT molecular complexity index is 1130. The van der Waals surface area contributed by atoms with E-state index >= 15 is 0 Å². The van der Waals surface area contributed by atoms with Gasteiger partial charge in [-0.25, -0.2) is 18.5 Å². The summed E-state index contributed by atoms with van der Waals surface area (Å²) in [4.78, 5) is 31.3. The first-order chi connectivity index (χ1) is 13.6. The Hall–Kier alpha value is -2.10. The largest absolute Gasteiger partial charge is 0.331 e. The average Bonchev–Trinajstić information content (AvgIpc) is 3.33. The Morgan fingerprint density at radius 1 is 1.38 bits per heavy atom. The van der Waals surface area contributed by atoms with Crippen LogP contribution in [0.1, 0.15) is 53.3 Å². The van der Waals surface area contributed by atoms with Gasteiger partial charge in [-0.2, -0.15) is 0 Å². The third kappa shape index (κ3) is 3.74. The predicted octanol–water partition coefficient (Wildman–Crippen LogP) is 2.65. The van der Waals surface area contributed by atoms with Gasteiger partial charge in [-0.05, 0) is 62.8 Å². The molecule has 0 bridgehead atoms. The molecule has 2 aromatic rings. The molecule has 0 unspecified atom stereocenters. The minimum Gasteiger partial charge on any atom is -0.331 e. The molecule has 2 heterocycles. The zero-order valence-corrected chi connectivity index (χ0v) is 18.2. The van der Waals surface area contributed by atoms with Crippen molar-refractivity contribution in [1.29, 1.82) is 0 Å². The monoisotopic (exact) mass is 433 g/mol. The fraction of sp³-hybridized carbons (Fsp3) is 0.450. The van der Waals surface area contributed by atoms with Crippen LogP contribution < -0.4 is 5.14 Å². The van der Waals surface area contributed by atoms with Crippen LogP contribution in [0.25, 0.3) is 10.4 Å². The number of nitrogens with zero attached hydrogens (tertiary/aromatic N) is 2. The van der Waals surface area contributed by atoms with Crippen molar-refractivity contribution < 1.29 is 18.0 Å². The van der Waals surface area contributed by atoms with E-state index in [9.17, 15) is 18.0 Å². The molecule has 2 N–H and O–H groups in total. The Labute approximate surface area is 174 Å². The van der Waals surface area contributed by atoms with Crippen LogP contribution >= 0.6 is 11.3 Å². The maximum absolute atomic E-state index is 13.0. The summed E-state index contributed by atoms with van der Waals surface area (Å²) in [6.07, 6.45) is 2.42. The smallest absolute Gasteiger partial charge is 0.256 e. The molecule has 29 heavy (non-hydrogen) atoms. The zero-order valence-electron chi connectivity index (χ0n) is 16.6. The van der Waals surface area contributed by atoms with Crippen molar-refractivity contribution >= 4 is 33.1 Å². The number of rotatable bonds is 6. The standard InChI is InChI=1S/C20H23N3O4S2/c1-10(24)6-17-22-11(2)19(28-17)14-7-15-9-23(12(3)13-4-5-13)20(25)18(15)16(8-14)29(21,26)27/h7-8,12-13H,4-6,9H2,1-3H3,(H2,21,26,27)/t12-/m0/s1. The van der Waals surface area contributed by atoms with Crippen LogP contribution in [-0.4, -0.2) is 36.0 Å². The lowest BCUT2D eigenvalue weighted by Gasteiger charge is -2.24. The van der Waals surface area contributed by atoms with Crippen molar-refractivity contribution in [3.8, 4) is 10.4 Å². The van der Waals surface area contributed by atoms with Crippen LogP contribution in [0.15, 0.2) is 17.0 Å². The molecule has 0 radical (unpaired) electrons. The van der Waals surface area contributed by atoms with E-state index in [0.717, 1.165) is 23.4 Å². The van der Waals surface area contributed by atoms with Crippen molar-refractivity contribution in [3.63, 3.8) is 0 Å². The highest BCUT2D eigenvalue weighted by Crippen LogP contribution is 2.41. The third-order valence-corrected chi connectivity index (χ3v) is 7.75. The molecule has 0 spiro atoms. The Kier molecular flexibility index (Phi) is 4.87. The topological polar surface area (TPSA) is 110 Å². The lowest BCUT2D eigenvalue weighted by atomic mass is 10.0. The number of thiazole rings is 1. The summed E-state index contributed by atoms with van der Waals surface area (Å²) in [6.45, 7) is 5.72. The van der Waals surface area contributed by atoms with Crippen LogP contribution in [0.2, 0.25) is 0 Å². The molecule has 1 aliphatic carbocycles. The van der Waals surface area contributed by atoms with E-state index in [-0.39, 0.29) is 34.6 Å². The van der Waals surface area contributed by atoms with Crippen molar-refractivity contribution in [3.05, 3.63) is 34.0 Å². The number of primary sulfonamides is 1. The minimum absolute atomic E-state index is 0.0137. The maximum Gasteiger partial charge on any atom is 0.256 e. The molecule has 1 fully saturated rings. The molecule has 1 saturated carbocycles. The van der Waals surface area contributed by atoms with Gasteiger partial charge in [0.1, 0.15) is 10.8 Å². The van der Waals surface area contributed by atoms with Crippen molar-refractivity contribution in [2.45, 2.75) is 57.5 Å². The molecule has 1 atom stereocenters. The zero-order chi connectivity index (χ0) is 21.1. The maximum atomic E-state index is 13.0. The molecule has 9 heteroatoms. The van der Waals surface area contributed by atoms with Gasteiger partial charge in [0.15, 0.2) is 0 Å². The van der Waals surface area contributed by atoms with Gasteiger partial charge in [0, 0.05) is 12.6 Å². The number of Topliss-reactive ketones (excluding diaryl/α,β-unsaturated/α-hetero) is 1. The van der Waals surface area contributed by atoms with Gasteiger partial charge in [-0.3, -0.25) is 9.59 Å². The highest BCUT2D eigenvalue weighted by Gasteiger charge is 2.41. The first kappa shape index (κ1) is 20.2. The number of fused-ring (bicyclic) bond motifs is 1. The number of nitrogens with two attached hydrogens (primary N) is 1. The second-order valence-electron chi connectivity index (χ2n) is 7.97. The molecule has 154 valence electrons. The number of carbonyl (C=O) groups is 2. The minimum atomic E-state index is -4.09. The van der Waals surface area contributed by atoms with Crippen LogP contribution in [0.5, 0.6) is 0 Å². The fourth-order valence-corrected chi connectivity index (χ4v) is 5.88. The van der Waals surface area contributed by atoms with E-state index in [0.29, 0.717) is 28.6 Å². The van der Waals surface area contributed by atoms with E-state index in [1.807, 2.05) is 19.9 Å². The molecule has 1 aromatic carbocycles. The summed E-state index contributed by atoms with van der Waals surface area (Å²) in [5.41, 5.74) is 2.24. The van der Waals surface area contributed by atoms with Crippen LogP contribution in [0.3, 0.4) is 0 Å². The second-order valence-corrected chi connectivity index (χ2v) is 10.6. The number of aromatic nitrogens is 1. The van der Waals surface area contributed by atoms with Crippen LogP contribution in [0.4, 0.5) is 0 Å². The number of benzene rings is 1. The van der Waals surface area contributed by atoms with Gasteiger partial charge in [-0.1, -0.05) is 0 Å². The SMILES string of the molecule is CC(=O)Cc1nc(C)c(-c2cc3c(c(S(N)(=O)=O)c2)C(=O)N([C@@H](C)C2CC2)C3)s1. The first-order valence-corrected chi connectivity index (χ1v) is 11.9. The number of sulfonamides is 1. The Balaban J connectivity index is 1.82. The van der Waals surface area contributed by atoms with Crippen LogP contribution in [0, 0.1) is 12.8 Å². The summed E-state index contributed by atoms with van der Waals surface area (Å²) >= 11 is 1.36. The lowest BCUT2D eigenvalue weighted by molar-refractivity contribution is -0.116. The van der Waals surface area contributed by atoms with Gasteiger partial charge in [-0.15, -0.1) is 11.3 Å². The van der Waals surface area contributed by atoms with E-state index in [1.54, 1.807) is 4.90 Å². The molecular formula is C20H23N3O4S2.